The minimum absolute atomic E-state index is 0.156. The summed E-state index contributed by atoms with van der Waals surface area (Å²) in [7, 11) is 0. The van der Waals surface area contributed by atoms with E-state index < -0.39 is 6.61 Å². The van der Waals surface area contributed by atoms with Crippen LogP contribution >= 0.6 is 0 Å². The third-order valence-corrected chi connectivity index (χ3v) is 2.90. The van der Waals surface area contributed by atoms with E-state index in [0.717, 1.165) is 22.2 Å². The predicted molar refractivity (Wildman–Crippen MR) is 70.4 cm³/mol. The Morgan fingerprint density at radius 3 is 2.47 bits per heavy atom. The molecule has 1 N–H and O–H groups in total. The lowest BCUT2D eigenvalue weighted by molar-refractivity contribution is -0.0497. The SMILES string of the molecule is FC(F)Oc1ccc2cc(-c3ccccc3)[nH]c2c1. The second kappa shape index (κ2) is 4.72. The summed E-state index contributed by atoms with van der Waals surface area (Å²) in [5, 5.41) is 0.959. The number of ether oxygens (including phenoxy) is 1. The van der Waals surface area contributed by atoms with Crippen LogP contribution in [0.2, 0.25) is 0 Å². The summed E-state index contributed by atoms with van der Waals surface area (Å²) in [6, 6.07) is 16.7. The molecule has 0 aliphatic carbocycles. The zero-order valence-corrected chi connectivity index (χ0v) is 9.94. The second-order valence-electron chi connectivity index (χ2n) is 4.18. The molecule has 0 atom stereocenters. The quantitative estimate of drug-likeness (QED) is 0.739. The topological polar surface area (TPSA) is 25.0 Å². The van der Waals surface area contributed by atoms with Crippen LogP contribution in [0.4, 0.5) is 8.78 Å². The van der Waals surface area contributed by atoms with Crippen molar-refractivity contribution in [2.24, 2.45) is 0 Å². The van der Waals surface area contributed by atoms with E-state index in [1.54, 1.807) is 12.1 Å². The minimum Gasteiger partial charge on any atom is -0.435 e. The molecule has 0 amide bonds. The smallest absolute Gasteiger partial charge is 0.387 e. The fourth-order valence-electron chi connectivity index (χ4n) is 2.06. The van der Waals surface area contributed by atoms with Crippen molar-refractivity contribution in [3.05, 3.63) is 54.6 Å². The maximum atomic E-state index is 12.2. The summed E-state index contributed by atoms with van der Waals surface area (Å²) in [5.74, 6) is 0.156. The maximum Gasteiger partial charge on any atom is 0.387 e. The number of hydrogen-bond acceptors (Lipinski definition) is 1. The van der Waals surface area contributed by atoms with Gasteiger partial charge in [-0.2, -0.15) is 8.78 Å². The molecular formula is C15H11F2NO. The summed E-state index contributed by atoms with van der Waals surface area (Å²) < 4.78 is 28.7. The predicted octanol–water partition coefficient (Wildman–Crippen LogP) is 4.44. The van der Waals surface area contributed by atoms with E-state index in [2.05, 4.69) is 9.72 Å². The number of H-pyrrole nitrogens is 1. The van der Waals surface area contributed by atoms with Crippen molar-refractivity contribution in [1.82, 2.24) is 4.98 Å². The highest BCUT2D eigenvalue weighted by molar-refractivity contribution is 5.86. The van der Waals surface area contributed by atoms with Crippen molar-refractivity contribution in [3.8, 4) is 17.0 Å². The zero-order valence-electron chi connectivity index (χ0n) is 9.94. The third-order valence-electron chi connectivity index (χ3n) is 2.90. The summed E-state index contributed by atoms with van der Waals surface area (Å²) in [6.45, 7) is -2.80. The molecule has 0 aliphatic heterocycles. The molecule has 3 aromatic rings. The normalized spacial score (nSPS) is 11.1. The van der Waals surface area contributed by atoms with Gasteiger partial charge < -0.3 is 9.72 Å². The van der Waals surface area contributed by atoms with Gasteiger partial charge in [-0.25, -0.2) is 0 Å². The van der Waals surface area contributed by atoms with Gasteiger partial charge in [0, 0.05) is 22.7 Å². The molecular weight excluding hydrogens is 248 g/mol. The summed E-state index contributed by atoms with van der Waals surface area (Å²) >= 11 is 0. The Balaban J connectivity index is 2.01. The van der Waals surface area contributed by atoms with Gasteiger partial charge in [0.15, 0.2) is 0 Å². The lowest BCUT2D eigenvalue weighted by Gasteiger charge is -2.03. The molecule has 3 rings (SSSR count). The van der Waals surface area contributed by atoms with Gasteiger partial charge in [-0.05, 0) is 23.8 Å². The highest BCUT2D eigenvalue weighted by atomic mass is 19.3. The van der Waals surface area contributed by atoms with Crippen molar-refractivity contribution in [1.29, 1.82) is 0 Å². The molecule has 96 valence electrons. The average Bonchev–Trinajstić information content (AvgIpc) is 2.82. The monoisotopic (exact) mass is 259 g/mol. The first kappa shape index (κ1) is 11.7. The van der Waals surface area contributed by atoms with Crippen LogP contribution in [-0.4, -0.2) is 11.6 Å². The van der Waals surface area contributed by atoms with Crippen LogP contribution in [0.5, 0.6) is 5.75 Å². The molecule has 19 heavy (non-hydrogen) atoms. The number of aromatic amines is 1. The van der Waals surface area contributed by atoms with Gasteiger partial charge in [0.05, 0.1) is 0 Å². The highest BCUT2D eigenvalue weighted by Gasteiger charge is 2.07. The van der Waals surface area contributed by atoms with Crippen LogP contribution in [0.3, 0.4) is 0 Å². The first-order valence-corrected chi connectivity index (χ1v) is 5.85. The molecule has 0 fully saturated rings. The molecule has 0 saturated heterocycles. The second-order valence-corrected chi connectivity index (χ2v) is 4.18. The van der Waals surface area contributed by atoms with Crippen LogP contribution in [0.25, 0.3) is 22.2 Å². The van der Waals surface area contributed by atoms with Gasteiger partial charge in [-0.3, -0.25) is 0 Å². The standard InChI is InChI=1S/C15H11F2NO/c16-15(17)19-12-7-6-11-8-13(18-14(11)9-12)10-4-2-1-3-5-10/h1-9,15,18H. The van der Waals surface area contributed by atoms with Gasteiger partial charge in [0.1, 0.15) is 5.75 Å². The Morgan fingerprint density at radius 1 is 0.947 bits per heavy atom. The van der Waals surface area contributed by atoms with Crippen LogP contribution in [-0.2, 0) is 0 Å². The van der Waals surface area contributed by atoms with E-state index >= 15 is 0 Å². The van der Waals surface area contributed by atoms with E-state index in [-0.39, 0.29) is 5.75 Å². The molecule has 1 heterocycles. The van der Waals surface area contributed by atoms with E-state index in [1.807, 2.05) is 36.4 Å². The molecule has 4 heteroatoms. The summed E-state index contributed by atoms with van der Waals surface area (Å²) in [4.78, 5) is 3.20. The van der Waals surface area contributed by atoms with Crippen LogP contribution in [0.1, 0.15) is 0 Å². The van der Waals surface area contributed by atoms with Crippen LogP contribution in [0.15, 0.2) is 54.6 Å². The van der Waals surface area contributed by atoms with Crippen LogP contribution in [0, 0.1) is 0 Å². The van der Waals surface area contributed by atoms with E-state index in [1.165, 1.54) is 6.07 Å². The Morgan fingerprint density at radius 2 is 1.74 bits per heavy atom. The Kier molecular flexibility index (Phi) is 2.91. The number of alkyl halides is 2. The highest BCUT2D eigenvalue weighted by Crippen LogP contribution is 2.27. The average molecular weight is 259 g/mol. The molecule has 2 aromatic carbocycles. The van der Waals surface area contributed by atoms with Crippen molar-refractivity contribution < 1.29 is 13.5 Å². The summed E-state index contributed by atoms with van der Waals surface area (Å²) in [5.41, 5.74) is 2.77. The maximum absolute atomic E-state index is 12.2. The Labute approximate surface area is 108 Å². The Hall–Kier alpha value is -2.36. The minimum atomic E-state index is -2.80. The molecule has 0 unspecified atom stereocenters. The zero-order chi connectivity index (χ0) is 13.2. The summed E-state index contributed by atoms with van der Waals surface area (Å²) in [6.07, 6.45) is 0. The Bertz CT molecular complexity index is 692. The fourth-order valence-corrected chi connectivity index (χ4v) is 2.06. The number of rotatable bonds is 3. The van der Waals surface area contributed by atoms with Crippen molar-refractivity contribution >= 4 is 10.9 Å². The van der Waals surface area contributed by atoms with E-state index in [4.69, 9.17) is 0 Å². The lowest BCUT2D eigenvalue weighted by atomic mass is 10.1. The number of fused-ring (bicyclic) bond motifs is 1. The molecule has 1 aromatic heterocycles. The first-order chi connectivity index (χ1) is 9.22. The van der Waals surface area contributed by atoms with Gasteiger partial charge >= 0.3 is 6.61 Å². The number of halogens is 2. The third kappa shape index (κ3) is 2.42. The number of aromatic nitrogens is 1. The van der Waals surface area contributed by atoms with Gasteiger partial charge in [0.2, 0.25) is 0 Å². The molecule has 2 nitrogen and oxygen atoms in total. The first-order valence-electron chi connectivity index (χ1n) is 5.85. The fraction of sp³-hybridized carbons (Fsp3) is 0.0667. The number of hydrogen-bond donors (Lipinski definition) is 1. The van der Waals surface area contributed by atoms with Gasteiger partial charge in [-0.15, -0.1) is 0 Å². The van der Waals surface area contributed by atoms with Crippen molar-refractivity contribution in [2.75, 3.05) is 0 Å². The number of benzene rings is 2. The van der Waals surface area contributed by atoms with E-state index in [0.29, 0.717) is 0 Å². The van der Waals surface area contributed by atoms with Gasteiger partial charge in [0.25, 0.3) is 0 Å². The molecule has 0 saturated carbocycles. The van der Waals surface area contributed by atoms with E-state index in [9.17, 15) is 8.78 Å². The lowest BCUT2D eigenvalue weighted by Crippen LogP contribution is -2.01. The molecule has 0 radical (unpaired) electrons. The van der Waals surface area contributed by atoms with Crippen molar-refractivity contribution in [3.63, 3.8) is 0 Å². The largest absolute Gasteiger partial charge is 0.435 e. The molecule has 0 aliphatic rings. The number of nitrogens with one attached hydrogen (secondary N) is 1. The van der Waals surface area contributed by atoms with Crippen LogP contribution < -0.4 is 4.74 Å². The molecule has 0 bridgehead atoms. The van der Waals surface area contributed by atoms with Gasteiger partial charge in [-0.1, -0.05) is 30.3 Å². The van der Waals surface area contributed by atoms with Crippen molar-refractivity contribution in [2.45, 2.75) is 6.61 Å². The molecule has 0 spiro atoms.